The zero-order valence-electron chi connectivity index (χ0n) is 31.5. The number of fused-ring (bicyclic) bond motifs is 1. The normalized spacial score (nSPS) is 17.3. The van der Waals surface area contributed by atoms with Gasteiger partial charge in [0.2, 0.25) is 0 Å². The first-order valence-corrected chi connectivity index (χ1v) is 19.4. The van der Waals surface area contributed by atoms with Crippen LogP contribution in [0.15, 0.2) is 104 Å². The number of aromatic nitrogens is 3. The zero-order chi connectivity index (χ0) is 39.9. The monoisotopic (exact) mass is 850 g/mol. The Morgan fingerprint density at radius 2 is 1.81 bits per heavy atom. The van der Waals surface area contributed by atoms with Crippen LogP contribution in [0.1, 0.15) is 39.5 Å². The number of esters is 1. The second-order valence-electron chi connectivity index (χ2n) is 12.6. The molecule has 0 bridgehead atoms. The van der Waals surface area contributed by atoms with Gasteiger partial charge in [-0.3, -0.25) is 0 Å². The summed E-state index contributed by atoms with van der Waals surface area (Å²) in [5.74, 6) is -3.33. The minimum absolute atomic E-state index is 0. The van der Waals surface area contributed by atoms with Gasteiger partial charge in [-0.1, -0.05) is 54.6 Å². The summed E-state index contributed by atoms with van der Waals surface area (Å²) in [6, 6.07) is 18.4. The fraction of sp³-hybridized carbons (Fsp3) is 0.231. The second-order valence-corrected chi connectivity index (χ2v) is 15.4. The number of carbonyl (C=O) groups excluding carboxylic acids is 1. The molecular formula is C39H32F3N4Na2O8PS. The number of ether oxygens (including phenoxy) is 3. The Balaban J connectivity index is 0.00000372. The molecule has 0 N–H and O–H groups in total. The maximum atomic E-state index is 16.0. The molecule has 6 rings (SSSR count). The molecule has 5 aromatic rings. The summed E-state index contributed by atoms with van der Waals surface area (Å²) < 4.78 is 80.0. The molecule has 1 fully saturated rings. The maximum Gasteiger partial charge on any atom is 1.00 e. The van der Waals surface area contributed by atoms with Crippen molar-refractivity contribution in [1.82, 2.24) is 14.8 Å². The average Bonchev–Trinajstić information content (AvgIpc) is 3.68. The van der Waals surface area contributed by atoms with E-state index in [1.54, 1.807) is 49.4 Å². The molecule has 58 heavy (non-hydrogen) atoms. The molecule has 2 atom stereocenters. The van der Waals surface area contributed by atoms with Gasteiger partial charge in [0.15, 0.2) is 11.9 Å². The molecule has 1 aromatic heterocycles. The Labute approximate surface area is 380 Å². The molecular weight excluding hydrogens is 818 g/mol. The Morgan fingerprint density at radius 1 is 1.07 bits per heavy atom. The Hall–Kier alpha value is -3.11. The number of benzene rings is 4. The predicted octanol–water partition coefficient (Wildman–Crippen LogP) is -0.0411. The predicted molar refractivity (Wildman–Crippen MR) is 196 cm³/mol. The number of nitrogens with zero attached hydrogens (tertiary/aromatic N) is 4. The third kappa shape index (κ3) is 12.0. The second kappa shape index (κ2) is 21.4. The van der Waals surface area contributed by atoms with E-state index < -0.39 is 55.0 Å². The number of carbonyl (C=O) groups is 1. The van der Waals surface area contributed by atoms with E-state index in [9.17, 15) is 27.9 Å². The summed E-state index contributed by atoms with van der Waals surface area (Å²) in [6.45, 7) is 1.11. The largest absolute Gasteiger partial charge is 1.00 e. The van der Waals surface area contributed by atoms with Crippen LogP contribution in [0.5, 0.6) is 0 Å². The molecule has 1 aliphatic heterocycles. The number of allylic oxidation sites excluding steroid dienone is 2. The maximum absolute atomic E-state index is 16.0. The number of phosphoric ester groups is 1. The first kappa shape index (κ1) is 47.6. The number of nitriles is 1. The summed E-state index contributed by atoms with van der Waals surface area (Å²) >= 11 is 1.27. The van der Waals surface area contributed by atoms with E-state index in [1.807, 2.05) is 6.07 Å². The summed E-state index contributed by atoms with van der Waals surface area (Å²) in [5, 5.41) is 12.7. The molecule has 0 amide bonds. The number of hydrogen-bond acceptors (Lipinski definition) is 12. The van der Waals surface area contributed by atoms with Crippen molar-refractivity contribution in [2.45, 2.75) is 42.5 Å². The van der Waals surface area contributed by atoms with Crippen LogP contribution in [-0.2, 0) is 42.1 Å². The minimum Gasteiger partial charge on any atom is -0.790 e. The molecule has 0 aliphatic carbocycles. The summed E-state index contributed by atoms with van der Waals surface area (Å²) in [4.78, 5) is 41.1. The smallest absolute Gasteiger partial charge is 0.790 e. The first-order chi connectivity index (χ1) is 26.8. The summed E-state index contributed by atoms with van der Waals surface area (Å²) in [5.41, 5.74) is -1.37. The van der Waals surface area contributed by atoms with E-state index in [2.05, 4.69) is 14.6 Å². The van der Waals surface area contributed by atoms with Crippen LogP contribution in [0.25, 0.3) is 16.8 Å². The Morgan fingerprint density at radius 3 is 2.47 bits per heavy atom. The van der Waals surface area contributed by atoms with Gasteiger partial charge in [0.05, 0.1) is 56.6 Å². The van der Waals surface area contributed by atoms with Crippen LogP contribution in [0.4, 0.5) is 13.2 Å². The van der Waals surface area contributed by atoms with Crippen molar-refractivity contribution in [3.8, 4) is 6.07 Å². The molecule has 4 aromatic carbocycles. The number of thioether (sulfide) groups is 1. The van der Waals surface area contributed by atoms with Gasteiger partial charge in [0, 0.05) is 27.8 Å². The van der Waals surface area contributed by atoms with Gasteiger partial charge >= 0.3 is 65.1 Å². The van der Waals surface area contributed by atoms with Gasteiger partial charge in [-0.2, -0.15) is 10.4 Å². The van der Waals surface area contributed by atoms with Crippen molar-refractivity contribution in [1.29, 1.82) is 5.26 Å². The fourth-order valence-corrected chi connectivity index (χ4v) is 7.86. The van der Waals surface area contributed by atoms with E-state index >= 15 is 4.39 Å². The first-order valence-electron chi connectivity index (χ1n) is 17.0. The molecule has 0 saturated carbocycles. The molecule has 1 aliphatic rings. The van der Waals surface area contributed by atoms with Crippen molar-refractivity contribution in [2.75, 3.05) is 13.2 Å². The summed E-state index contributed by atoms with van der Waals surface area (Å²) in [6.07, 6.45) is 8.25. The quantitative estimate of drug-likeness (QED) is 0.0634. The van der Waals surface area contributed by atoms with Crippen LogP contribution >= 0.6 is 19.6 Å². The SMILES string of the molecule is C[C@@H](SC1COC(/C=C/C=C/c2ccc(C#N)cc2F)OC1)[C@@](Cn1cncn1)(OC(=O)c1cccc2cccc(COP(=O)([O-])[O-])c12)c1ccc(F)cc1F.[Na+].[Na+]. The third-order valence-electron chi connectivity index (χ3n) is 8.85. The minimum atomic E-state index is -5.38. The van der Waals surface area contributed by atoms with Crippen molar-refractivity contribution in [2.24, 2.45) is 0 Å². The van der Waals surface area contributed by atoms with Crippen LogP contribution in [0, 0.1) is 28.8 Å². The molecule has 0 spiro atoms. The fourth-order valence-electron chi connectivity index (χ4n) is 6.20. The van der Waals surface area contributed by atoms with E-state index in [4.69, 9.17) is 19.5 Å². The number of rotatable bonds is 14. The number of halogens is 3. The Bertz CT molecular complexity index is 2350. The van der Waals surface area contributed by atoms with E-state index in [0.717, 1.165) is 12.1 Å². The van der Waals surface area contributed by atoms with Gasteiger partial charge < -0.3 is 33.1 Å². The molecule has 2 heterocycles. The van der Waals surface area contributed by atoms with Crippen LogP contribution in [0.3, 0.4) is 0 Å². The van der Waals surface area contributed by atoms with Gasteiger partial charge in [-0.15, -0.1) is 11.8 Å². The molecule has 1 saturated heterocycles. The van der Waals surface area contributed by atoms with Crippen molar-refractivity contribution < 1.29 is 110 Å². The van der Waals surface area contributed by atoms with Crippen LogP contribution in [-0.4, -0.2) is 50.7 Å². The van der Waals surface area contributed by atoms with E-state index in [1.165, 1.54) is 65.5 Å². The van der Waals surface area contributed by atoms with Gasteiger partial charge in [-0.05, 0) is 54.3 Å². The van der Waals surface area contributed by atoms with Crippen molar-refractivity contribution in [3.63, 3.8) is 0 Å². The third-order valence-corrected chi connectivity index (χ3v) is 10.7. The van der Waals surface area contributed by atoms with Crippen LogP contribution < -0.4 is 68.9 Å². The molecule has 0 unspecified atom stereocenters. The average molecular weight is 851 g/mol. The van der Waals surface area contributed by atoms with Gasteiger partial charge in [0.25, 0.3) is 0 Å². The van der Waals surface area contributed by atoms with Gasteiger partial charge in [-0.25, -0.2) is 27.6 Å². The molecule has 0 radical (unpaired) electrons. The number of phosphoric acid groups is 1. The van der Waals surface area contributed by atoms with Gasteiger partial charge in [0.1, 0.15) is 30.1 Å². The topological polar surface area (TPSA) is 172 Å². The standard InChI is InChI=1S/C39H34F3N4O8PS.2Na/c1-25(56-31-20-51-36(52-21-31)11-3-2-6-27-13-12-26(18-43)16-34(27)41)39(22-46-24-44-23-45-46,33-15-14-30(40)17-35(33)42)54-38(47)32-10-5-8-28-7-4-9-29(37(28)32)19-53-55(48,49)50;;/h2-17,23-25,31,36H,19-22H2,1H3,(H2,48,49,50);;/q;2*+1/p-2/b6-2+,11-3+;;/t25-,31?,36?,39-;;/m1../s1. The van der Waals surface area contributed by atoms with Crippen molar-refractivity contribution >= 4 is 42.4 Å². The van der Waals surface area contributed by atoms with Crippen molar-refractivity contribution in [3.05, 3.63) is 149 Å². The molecule has 12 nitrogen and oxygen atoms in total. The number of hydrogen-bond donors (Lipinski definition) is 0. The van der Waals surface area contributed by atoms with E-state index in [-0.39, 0.29) is 112 Å². The molecule has 290 valence electrons. The zero-order valence-corrected chi connectivity index (χ0v) is 37.2. The Kier molecular flexibility index (Phi) is 17.6. The summed E-state index contributed by atoms with van der Waals surface area (Å²) in [7, 11) is -5.38. The van der Waals surface area contributed by atoms with Crippen LogP contribution in [0.2, 0.25) is 0 Å². The van der Waals surface area contributed by atoms with E-state index in [0.29, 0.717) is 17.0 Å². The molecule has 19 heteroatoms.